The first-order valence-corrected chi connectivity index (χ1v) is 13.3. The molecule has 0 aliphatic rings. The number of benzene rings is 2. The summed E-state index contributed by atoms with van der Waals surface area (Å²) in [5.74, 6) is -0.594. The first-order valence-electron chi connectivity index (χ1n) is 13.3. The molecule has 0 fully saturated rings. The molecule has 34 heavy (non-hydrogen) atoms. The minimum atomic E-state index is -0.560. The van der Waals surface area contributed by atoms with Crippen LogP contribution in [-0.2, 0) is 4.74 Å². The van der Waals surface area contributed by atoms with Crippen LogP contribution in [0.25, 0.3) is 0 Å². The second-order valence-electron chi connectivity index (χ2n) is 8.98. The zero-order valence-corrected chi connectivity index (χ0v) is 20.9. The molecule has 0 aromatic heterocycles. The first kappa shape index (κ1) is 27.6. The number of carbonyl (C=O) groups is 2. The number of rotatable bonds is 18. The monoisotopic (exact) mass is 466 g/mol. The lowest BCUT2D eigenvalue weighted by Gasteiger charge is -2.09. The Bertz CT molecular complexity index is 816. The number of ether oxygens (including phenoxy) is 2. The van der Waals surface area contributed by atoms with Crippen LogP contribution in [0.4, 0.5) is 0 Å². The minimum absolute atomic E-state index is 0.220. The number of unbranched alkanes of at least 4 members (excludes halogenated alkanes) is 13. The molecule has 4 nitrogen and oxygen atoms in total. The first-order chi connectivity index (χ1) is 16.7. The van der Waals surface area contributed by atoms with E-state index >= 15 is 0 Å². The fourth-order valence-electron chi connectivity index (χ4n) is 4.03. The second-order valence-corrected chi connectivity index (χ2v) is 8.98. The van der Waals surface area contributed by atoms with E-state index in [2.05, 4.69) is 6.92 Å². The molecule has 2 rings (SSSR count). The quantitative estimate of drug-likeness (QED) is 0.125. The van der Waals surface area contributed by atoms with Crippen molar-refractivity contribution in [2.24, 2.45) is 0 Å². The third-order valence-electron chi connectivity index (χ3n) is 6.05. The number of hydrogen-bond acceptors (Lipinski definition) is 4. The Balaban J connectivity index is 1.54. The van der Waals surface area contributed by atoms with Crippen molar-refractivity contribution in [3.8, 4) is 5.75 Å². The molecule has 0 N–H and O–H groups in total. The predicted octanol–water partition coefficient (Wildman–Crippen LogP) is 8.54. The van der Waals surface area contributed by atoms with E-state index < -0.39 is 11.9 Å². The summed E-state index contributed by atoms with van der Waals surface area (Å²) >= 11 is 0. The summed E-state index contributed by atoms with van der Waals surface area (Å²) in [6.45, 7) is 2.64. The summed E-state index contributed by atoms with van der Waals surface area (Å²) in [4.78, 5) is 25.0. The van der Waals surface area contributed by atoms with Crippen molar-refractivity contribution >= 4 is 11.9 Å². The lowest BCUT2D eigenvalue weighted by Crippen LogP contribution is -2.16. The molecule has 0 saturated heterocycles. The number of hydrogen-bond donors (Lipinski definition) is 0. The van der Waals surface area contributed by atoms with E-state index in [9.17, 15) is 9.59 Å². The molecule has 0 heterocycles. The van der Waals surface area contributed by atoms with E-state index in [0.29, 0.717) is 12.4 Å². The maximum absolute atomic E-state index is 12.5. The van der Waals surface area contributed by atoms with E-state index in [1.54, 1.807) is 48.5 Å². The number of carbonyl (C=O) groups excluding carboxylic acids is 2. The maximum atomic E-state index is 12.5. The third kappa shape index (κ3) is 11.5. The van der Waals surface area contributed by atoms with Crippen LogP contribution in [-0.4, -0.2) is 18.5 Å². The summed E-state index contributed by atoms with van der Waals surface area (Å²) < 4.78 is 10.8. The number of esters is 2. The normalized spacial score (nSPS) is 10.7. The Morgan fingerprint density at radius 3 is 1.53 bits per heavy atom. The van der Waals surface area contributed by atoms with Crippen molar-refractivity contribution in [2.75, 3.05) is 6.61 Å². The molecule has 0 aliphatic heterocycles. The average molecular weight is 467 g/mol. The molecule has 4 heteroatoms. The van der Waals surface area contributed by atoms with Gasteiger partial charge in [0.05, 0.1) is 17.7 Å². The van der Waals surface area contributed by atoms with Gasteiger partial charge in [-0.2, -0.15) is 0 Å². The minimum Gasteiger partial charge on any atom is -0.462 e. The van der Waals surface area contributed by atoms with Gasteiger partial charge in [0.2, 0.25) is 0 Å². The number of para-hydroxylation sites is 1. The van der Waals surface area contributed by atoms with Gasteiger partial charge in [0.15, 0.2) is 0 Å². The van der Waals surface area contributed by atoms with Crippen molar-refractivity contribution in [2.45, 2.75) is 96.8 Å². The van der Waals surface area contributed by atoms with E-state index in [1.165, 1.54) is 77.0 Å². The fourth-order valence-corrected chi connectivity index (χ4v) is 4.03. The Morgan fingerprint density at radius 1 is 0.559 bits per heavy atom. The van der Waals surface area contributed by atoms with Gasteiger partial charge in [0, 0.05) is 0 Å². The summed E-state index contributed by atoms with van der Waals surface area (Å²) in [5.41, 5.74) is 0.464. The van der Waals surface area contributed by atoms with Crippen LogP contribution in [0, 0.1) is 0 Å². The highest BCUT2D eigenvalue weighted by molar-refractivity contribution is 6.03. The SMILES string of the molecule is CCCCCCCCCCCCCCCCOC(=O)c1ccccc1C(=O)Oc1ccccc1. The summed E-state index contributed by atoms with van der Waals surface area (Å²) in [6.07, 6.45) is 18.0. The van der Waals surface area contributed by atoms with Crippen molar-refractivity contribution in [1.82, 2.24) is 0 Å². The zero-order valence-electron chi connectivity index (χ0n) is 20.9. The second kappa shape index (κ2) is 17.8. The lowest BCUT2D eigenvalue weighted by molar-refractivity contribution is 0.0489. The predicted molar refractivity (Wildman–Crippen MR) is 138 cm³/mol. The molecule has 0 spiro atoms. The molecule has 2 aromatic rings. The molecule has 0 radical (unpaired) electrons. The topological polar surface area (TPSA) is 52.6 Å². The van der Waals surface area contributed by atoms with E-state index in [-0.39, 0.29) is 11.1 Å². The third-order valence-corrected chi connectivity index (χ3v) is 6.05. The van der Waals surface area contributed by atoms with Crippen molar-refractivity contribution in [3.63, 3.8) is 0 Å². The highest BCUT2D eigenvalue weighted by Gasteiger charge is 2.19. The Labute approximate surface area is 206 Å². The lowest BCUT2D eigenvalue weighted by atomic mass is 10.0. The molecule has 0 saturated carbocycles. The maximum Gasteiger partial charge on any atom is 0.344 e. The van der Waals surface area contributed by atoms with Gasteiger partial charge in [-0.15, -0.1) is 0 Å². The Morgan fingerprint density at radius 2 is 1.00 bits per heavy atom. The molecule has 2 aromatic carbocycles. The Kier molecular flexibility index (Phi) is 14.5. The summed E-state index contributed by atoms with van der Waals surface area (Å²) in [6, 6.07) is 15.5. The van der Waals surface area contributed by atoms with Gasteiger partial charge in [0.25, 0.3) is 0 Å². The van der Waals surface area contributed by atoms with E-state index in [4.69, 9.17) is 9.47 Å². The highest BCUT2D eigenvalue weighted by Crippen LogP contribution is 2.17. The van der Waals surface area contributed by atoms with Gasteiger partial charge >= 0.3 is 11.9 Å². The van der Waals surface area contributed by atoms with Gasteiger partial charge in [-0.05, 0) is 30.7 Å². The standard InChI is InChI=1S/C30H42O4/c1-2-3-4-5-6-7-8-9-10-11-12-13-14-20-25-33-29(31)27-23-18-19-24-28(27)30(32)34-26-21-16-15-17-22-26/h15-19,21-24H,2-14,20,25H2,1H3. The van der Waals surface area contributed by atoms with E-state index in [0.717, 1.165) is 12.8 Å². The van der Waals surface area contributed by atoms with E-state index in [1.807, 2.05) is 6.07 Å². The molecule has 0 amide bonds. The fraction of sp³-hybridized carbons (Fsp3) is 0.533. The summed E-state index contributed by atoms with van der Waals surface area (Å²) in [7, 11) is 0. The largest absolute Gasteiger partial charge is 0.462 e. The van der Waals surface area contributed by atoms with Crippen LogP contribution in [0.15, 0.2) is 54.6 Å². The van der Waals surface area contributed by atoms with Crippen LogP contribution < -0.4 is 4.74 Å². The van der Waals surface area contributed by atoms with Crippen LogP contribution in [0.1, 0.15) is 118 Å². The molecule has 0 atom stereocenters. The van der Waals surface area contributed by atoms with Gasteiger partial charge < -0.3 is 9.47 Å². The van der Waals surface area contributed by atoms with Crippen LogP contribution in [0.2, 0.25) is 0 Å². The van der Waals surface area contributed by atoms with Crippen molar-refractivity contribution < 1.29 is 19.1 Å². The van der Waals surface area contributed by atoms with Gasteiger partial charge in [-0.1, -0.05) is 121 Å². The van der Waals surface area contributed by atoms with Crippen LogP contribution in [0.3, 0.4) is 0 Å². The van der Waals surface area contributed by atoms with Gasteiger partial charge in [-0.25, -0.2) is 9.59 Å². The van der Waals surface area contributed by atoms with Crippen LogP contribution in [0.5, 0.6) is 5.75 Å². The smallest absolute Gasteiger partial charge is 0.344 e. The van der Waals surface area contributed by atoms with Crippen molar-refractivity contribution in [1.29, 1.82) is 0 Å². The zero-order chi connectivity index (χ0) is 24.3. The molecule has 0 aliphatic carbocycles. The summed E-state index contributed by atoms with van der Waals surface area (Å²) in [5, 5.41) is 0. The van der Waals surface area contributed by atoms with Gasteiger partial charge in [0.1, 0.15) is 5.75 Å². The van der Waals surface area contributed by atoms with Crippen LogP contribution >= 0.6 is 0 Å². The molecular formula is C30H42O4. The molecular weight excluding hydrogens is 424 g/mol. The highest BCUT2D eigenvalue weighted by atomic mass is 16.5. The average Bonchev–Trinajstić information content (AvgIpc) is 2.87. The molecule has 0 bridgehead atoms. The molecule has 186 valence electrons. The molecule has 0 unspecified atom stereocenters. The van der Waals surface area contributed by atoms with Crippen molar-refractivity contribution in [3.05, 3.63) is 65.7 Å². The van der Waals surface area contributed by atoms with Gasteiger partial charge in [-0.3, -0.25) is 0 Å². The Hall–Kier alpha value is -2.62.